The summed E-state index contributed by atoms with van der Waals surface area (Å²) in [5.74, 6) is 0. The normalized spacial score (nSPS) is 11.6. The molecule has 0 heterocycles. The van der Waals surface area contributed by atoms with E-state index in [0.717, 1.165) is 8.95 Å². The van der Waals surface area contributed by atoms with E-state index in [4.69, 9.17) is 0 Å². The van der Waals surface area contributed by atoms with Crippen molar-refractivity contribution in [3.8, 4) is 0 Å². The number of rotatable bonds is 2. The summed E-state index contributed by atoms with van der Waals surface area (Å²) in [5.41, 5.74) is 0. The topological polar surface area (TPSA) is 34.1 Å². The van der Waals surface area contributed by atoms with E-state index in [2.05, 4.69) is 63.7 Å². The molecule has 19 heavy (non-hydrogen) atoms. The molecule has 0 fully saturated rings. The Morgan fingerprint density at radius 3 is 2.16 bits per heavy atom. The molecule has 0 saturated heterocycles. The summed E-state index contributed by atoms with van der Waals surface area (Å²) in [5, 5.41) is 0. The molecule has 0 aliphatic rings. The van der Waals surface area contributed by atoms with Crippen LogP contribution in [0.2, 0.25) is 0 Å². The third-order valence-electron chi connectivity index (χ3n) is 2.40. The third kappa shape index (κ3) is 3.15. The fourth-order valence-corrected chi connectivity index (χ4v) is 5.47. The maximum absolute atomic E-state index is 12.6. The quantitative estimate of drug-likeness (QED) is 0.473. The Morgan fingerprint density at radius 1 is 0.842 bits per heavy atom. The number of sulfone groups is 1. The SMILES string of the molecule is O=S(=O)(c1cccc(Br)c1)c1ccc(Br)c(Br)c1Br. The first-order chi connectivity index (χ1) is 8.84. The first-order valence-electron chi connectivity index (χ1n) is 4.98. The molecule has 0 radical (unpaired) electrons. The number of halogens is 4. The van der Waals surface area contributed by atoms with Gasteiger partial charge in [0.25, 0.3) is 0 Å². The van der Waals surface area contributed by atoms with Gasteiger partial charge in [-0.2, -0.15) is 0 Å². The molecule has 0 saturated carbocycles. The molecular formula is C12H6Br4O2S. The van der Waals surface area contributed by atoms with Gasteiger partial charge in [0, 0.05) is 13.4 Å². The Balaban J connectivity index is 2.67. The third-order valence-corrected chi connectivity index (χ3v) is 8.32. The summed E-state index contributed by atoms with van der Waals surface area (Å²) in [4.78, 5) is 0.470. The highest BCUT2D eigenvalue weighted by Crippen LogP contribution is 2.38. The first-order valence-corrected chi connectivity index (χ1v) is 9.63. The molecule has 0 atom stereocenters. The Labute approximate surface area is 145 Å². The summed E-state index contributed by atoms with van der Waals surface area (Å²) in [7, 11) is -3.56. The molecule has 2 aromatic rings. The van der Waals surface area contributed by atoms with E-state index in [9.17, 15) is 8.42 Å². The summed E-state index contributed by atoms with van der Waals surface area (Å²) >= 11 is 13.3. The van der Waals surface area contributed by atoms with Gasteiger partial charge in [0.2, 0.25) is 9.84 Å². The zero-order valence-corrected chi connectivity index (χ0v) is 16.4. The van der Waals surface area contributed by atoms with Crippen LogP contribution in [-0.2, 0) is 9.84 Å². The second-order valence-electron chi connectivity index (χ2n) is 3.63. The lowest BCUT2D eigenvalue weighted by Gasteiger charge is -2.09. The molecular weight excluding hydrogens is 528 g/mol. The van der Waals surface area contributed by atoms with Crippen molar-refractivity contribution in [1.29, 1.82) is 0 Å². The molecule has 0 aromatic heterocycles. The van der Waals surface area contributed by atoms with Gasteiger partial charge >= 0.3 is 0 Å². The van der Waals surface area contributed by atoms with Crippen LogP contribution in [0.4, 0.5) is 0 Å². The highest BCUT2D eigenvalue weighted by Gasteiger charge is 2.22. The molecule has 2 nitrogen and oxygen atoms in total. The second-order valence-corrected chi connectivity index (χ2v) is 8.91. The highest BCUT2D eigenvalue weighted by atomic mass is 79.9. The Kier molecular flexibility index (Phi) is 4.93. The predicted octanol–water partition coefficient (Wildman–Crippen LogP) is 5.57. The molecule has 0 amide bonds. The number of benzene rings is 2. The van der Waals surface area contributed by atoms with Crippen LogP contribution in [0.3, 0.4) is 0 Å². The predicted molar refractivity (Wildman–Crippen MR) is 89.1 cm³/mol. The van der Waals surface area contributed by atoms with Crippen molar-refractivity contribution in [2.24, 2.45) is 0 Å². The molecule has 100 valence electrons. The van der Waals surface area contributed by atoms with E-state index in [-0.39, 0.29) is 9.79 Å². The molecule has 0 N–H and O–H groups in total. The smallest absolute Gasteiger partial charge is 0.207 e. The van der Waals surface area contributed by atoms with Gasteiger partial charge < -0.3 is 0 Å². The number of hydrogen-bond acceptors (Lipinski definition) is 2. The summed E-state index contributed by atoms with van der Waals surface area (Å²) in [6.45, 7) is 0. The fraction of sp³-hybridized carbons (Fsp3) is 0. The van der Waals surface area contributed by atoms with Crippen molar-refractivity contribution in [3.63, 3.8) is 0 Å². The largest absolute Gasteiger partial charge is 0.218 e. The minimum absolute atomic E-state index is 0.223. The van der Waals surface area contributed by atoms with Crippen LogP contribution >= 0.6 is 63.7 Å². The Hall–Kier alpha value is 0.310. The Morgan fingerprint density at radius 2 is 1.53 bits per heavy atom. The van der Waals surface area contributed by atoms with Gasteiger partial charge in [0.1, 0.15) is 0 Å². The summed E-state index contributed by atoms with van der Waals surface area (Å²) in [6, 6.07) is 9.89. The van der Waals surface area contributed by atoms with Crippen molar-refractivity contribution in [1.82, 2.24) is 0 Å². The number of hydrogen-bond donors (Lipinski definition) is 0. The van der Waals surface area contributed by atoms with E-state index >= 15 is 0 Å². The van der Waals surface area contributed by atoms with Gasteiger partial charge in [-0.1, -0.05) is 22.0 Å². The van der Waals surface area contributed by atoms with E-state index in [0.29, 0.717) is 8.95 Å². The van der Waals surface area contributed by atoms with Gasteiger partial charge in [-0.05, 0) is 78.1 Å². The average Bonchev–Trinajstić information content (AvgIpc) is 2.36. The summed E-state index contributed by atoms with van der Waals surface area (Å²) < 4.78 is 27.8. The molecule has 0 aliphatic heterocycles. The first kappa shape index (κ1) is 15.7. The molecule has 0 spiro atoms. The van der Waals surface area contributed by atoms with Gasteiger partial charge in [-0.15, -0.1) is 0 Å². The van der Waals surface area contributed by atoms with Crippen LogP contribution in [0.15, 0.2) is 64.1 Å². The van der Waals surface area contributed by atoms with Gasteiger partial charge in [-0.3, -0.25) is 0 Å². The monoisotopic (exact) mass is 530 g/mol. The van der Waals surface area contributed by atoms with Crippen molar-refractivity contribution in [2.45, 2.75) is 9.79 Å². The van der Waals surface area contributed by atoms with Crippen molar-refractivity contribution < 1.29 is 8.42 Å². The van der Waals surface area contributed by atoms with Gasteiger partial charge in [-0.25, -0.2) is 8.42 Å². The van der Waals surface area contributed by atoms with Crippen molar-refractivity contribution in [2.75, 3.05) is 0 Å². The van der Waals surface area contributed by atoms with Crippen LogP contribution in [-0.4, -0.2) is 8.42 Å². The van der Waals surface area contributed by atoms with E-state index in [1.807, 2.05) is 0 Å². The Bertz CT molecular complexity index is 741. The molecule has 2 rings (SSSR count). The van der Waals surface area contributed by atoms with E-state index in [1.54, 1.807) is 36.4 Å². The van der Waals surface area contributed by atoms with Crippen LogP contribution in [0, 0.1) is 0 Å². The van der Waals surface area contributed by atoms with Gasteiger partial charge in [0.15, 0.2) is 0 Å². The van der Waals surface area contributed by atoms with Crippen molar-refractivity contribution >= 4 is 73.6 Å². The van der Waals surface area contributed by atoms with E-state index < -0.39 is 9.84 Å². The van der Waals surface area contributed by atoms with Crippen LogP contribution < -0.4 is 0 Å². The fourth-order valence-electron chi connectivity index (χ4n) is 1.48. The lowest BCUT2D eigenvalue weighted by Crippen LogP contribution is -2.03. The molecule has 2 aromatic carbocycles. The van der Waals surface area contributed by atoms with Crippen LogP contribution in [0.5, 0.6) is 0 Å². The summed E-state index contributed by atoms with van der Waals surface area (Å²) in [6.07, 6.45) is 0. The highest BCUT2D eigenvalue weighted by molar-refractivity contribution is 9.14. The average molecular weight is 534 g/mol. The minimum Gasteiger partial charge on any atom is -0.218 e. The maximum Gasteiger partial charge on any atom is 0.207 e. The molecule has 0 bridgehead atoms. The molecule has 0 unspecified atom stereocenters. The van der Waals surface area contributed by atoms with Crippen LogP contribution in [0.25, 0.3) is 0 Å². The zero-order valence-electron chi connectivity index (χ0n) is 9.20. The second kappa shape index (κ2) is 5.97. The zero-order chi connectivity index (χ0) is 14.2. The molecule has 7 heteroatoms. The standard InChI is InChI=1S/C12H6Br4O2S/c13-7-2-1-3-8(6-7)19(17,18)10-5-4-9(14)11(15)12(10)16/h1-6H. The van der Waals surface area contributed by atoms with Crippen LogP contribution in [0.1, 0.15) is 0 Å². The van der Waals surface area contributed by atoms with E-state index in [1.165, 1.54) is 0 Å². The lowest BCUT2D eigenvalue weighted by atomic mass is 10.4. The maximum atomic E-state index is 12.6. The minimum atomic E-state index is -3.56. The molecule has 0 aliphatic carbocycles. The lowest BCUT2D eigenvalue weighted by molar-refractivity contribution is 0.595. The van der Waals surface area contributed by atoms with Gasteiger partial charge in [0.05, 0.1) is 14.3 Å². The van der Waals surface area contributed by atoms with Crippen molar-refractivity contribution in [3.05, 3.63) is 54.3 Å².